The molecule has 160 valence electrons. The molecular formula is C22H18F3N3O3. The lowest BCUT2D eigenvalue weighted by Gasteiger charge is -2.23. The van der Waals surface area contributed by atoms with Crippen molar-refractivity contribution in [2.45, 2.75) is 18.8 Å². The predicted octanol–water partition coefficient (Wildman–Crippen LogP) is 4.90. The van der Waals surface area contributed by atoms with Gasteiger partial charge in [0.25, 0.3) is 0 Å². The molecule has 0 atom stereocenters. The van der Waals surface area contributed by atoms with Crippen LogP contribution >= 0.6 is 0 Å². The van der Waals surface area contributed by atoms with Gasteiger partial charge in [0.1, 0.15) is 23.1 Å². The maximum absolute atomic E-state index is 14.7. The molecule has 4 rings (SSSR count). The summed E-state index contributed by atoms with van der Waals surface area (Å²) >= 11 is 0. The van der Waals surface area contributed by atoms with Gasteiger partial charge in [-0.25, -0.2) is 18.0 Å². The first kappa shape index (κ1) is 20.8. The first-order valence-electron chi connectivity index (χ1n) is 9.63. The average Bonchev–Trinajstić information content (AvgIpc) is 2.74. The Labute approximate surface area is 175 Å². The Hall–Kier alpha value is -3.46. The number of aromatic nitrogens is 2. The minimum absolute atomic E-state index is 0.0515. The van der Waals surface area contributed by atoms with E-state index in [1.165, 1.54) is 18.2 Å². The zero-order valence-corrected chi connectivity index (χ0v) is 16.2. The molecule has 9 heteroatoms. The molecule has 1 aliphatic rings. The molecule has 1 aliphatic heterocycles. The highest BCUT2D eigenvalue weighted by Gasteiger charge is 2.21. The van der Waals surface area contributed by atoms with Crippen LogP contribution in [0, 0.1) is 17.5 Å². The first-order valence-corrected chi connectivity index (χ1v) is 9.63. The van der Waals surface area contributed by atoms with Gasteiger partial charge >= 0.3 is 5.97 Å². The summed E-state index contributed by atoms with van der Waals surface area (Å²) in [6.45, 7) is 1.15. The van der Waals surface area contributed by atoms with Gasteiger partial charge in [0.2, 0.25) is 0 Å². The fourth-order valence-corrected chi connectivity index (χ4v) is 3.61. The predicted molar refractivity (Wildman–Crippen MR) is 107 cm³/mol. The summed E-state index contributed by atoms with van der Waals surface area (Å²) < 4.78 is 48.3. The van der Waals surface area contributed by atoms with Crippen LogP contribution in [0.25, 0.3) is 11.3 Å². The van der Waals surface area contributed by atoms with Crippen molar-refractivity contribution in [1.82, 2.24) is 10.2 Å². The molecule has 2 heterocycles. The molecule has 6 nitrogen and oxygen atoms in total. The molecular weight excluding hydrogens is 411 g/mol. The SMILES string of the molecule is O=C(O)c1nnc(-c2c(F)cccc2F)cc1Nc1ccc(C2CCOCC2)c(F)c1. The number of hydrogen-bond acceptors (Lipinski definition) is 5. The second-order valence-electron chi connectivity index (χ2n) is 7.14. The lowest BCUT2D eigenvalue weighted by atomic mass is 9.91. The molecule has 0 amide bonds. The van der Waals surface area contributed by atoms with Gasteiger partial charge in [0, 0.05) is 18.9 Å². The molecule has 0 unspecified atom stereocenters. The Bertz CT molecular complexity index is 1110. The third-order valence-electron chi connectivity index (χ3n) is 5.16. The Balaban J connectivity index is 1.68. The number of aromatic carboxylic acids is 1. The number of nitrogens with zero attached hydrogens (tertiary/aromatic N) is 2. The molecule has 0 bridgehead atoms. The number of carboxylic acid groups (broad SMARTS) is 1. The number of hydrogen-bond donors (Lipinski definition) is 2. The molecule has 1 aromatic heterocycles. The van der Waals surface area contributed by atoms with E-state index in [9.17, 15) is 23.1 Å². The number of benzene rings is 2. The van der Waals surface area contributed by atoms with Gasteiger partial charge in [0.15, 0.2) is 5.69 Å². The summed E-state index contributed by atoms with van der Waals surface area (Å²) in [5.41, 5.74) is -0.329. The van der Waals surface area contributed by atoms with Crippen LogP contribution in [0.2, 0.25) is 0 Å². The molecule has 1 saturated heterocycles. The maximum atomic E-state index is 14.7. The van der Waals surface area contributed by atoms with Crippen molar-refractivity contribution in [3.05, 3.63) is 71.2 Å². The highest BCUT2D eigenvalue weighted by molar-refractivity contribution is 5.93. The Kier molecular flexibility index (Phi) is 5.85. The summed E-state index contributed by atoms with van der Waals surface area (Å²) in [5.74, 6) is -3.51. The maximum Gasteiger partial charge on any atom is 0.358 e. The van der Waals surface area contributed by atoms with Crippen LogP contribution in [0.15, 0.2) is 42.5 Å². The summed E-state index contributed by atoms with van der Waals surface area (Å²) in [7, 11) is 0. The van der Waals surface area contributed by atoms with Gasteiger partial charge in [-0.1, -0.05) is 12.1 Å². The van der Waals surface area contributed by atoms with Crippen molar-refractivity contribution >= 4 is 17.3 Å². The number of nitrogens with one attached hydrogen (secondary N) is 1. The Morgan fingerprint density at radius 3 is 2.35 bits per heavy atom. The minimum Gasteiger partial charge on any atom is -0.476 e. The quantitative estimate of drug-likeness (QED) is 0.600. The molecule has 1 fully saturated rings. The molecule has 31 heavy (non-hydrogen) atoms. The average molecular weight is 429 g/mol. The van der Waals surface area contributed by atoms with Crippen molar-refractivity contribution in [2.75, 3.05) is 18.5 Å². The molecule has 2 aromatic carbocycles. The van der Waals surface area contributed by atoms with Crippen molar-refractivity contribution in [3.8, 4) is 11.3 Å². The van der Waals surface area contributed by atoms with E-state index in [0.29, 0.717) is 18.8 Å². The number of rotatable bonds is 5. The van der Waals surface area contributed by atoms with Crippen molar-refractivity contribution < 1.29 is 27.8 Å². The summed E-state index contributed by atoms with van der Waals surface area (Å²) in [6, 6.07) is 8.99. The third-order valence-corrected chi connectivity index (χ3v) is 5.16. The van der Waals surface area contributed by atoms with Crippen LogP contribution in [0.1, 0.15) is 34.8 Å². The van der Waals surface area contributed by atoms with Gasteiger partial charge < -0.3 is 15.2 Å². The topological polar surface area (TPSA) is 84.3 Å². The molecule has 3 aromatic rings. The van der Waals surface area contributed by atoms with E-state index in [-0.39, 0.29) is 23.0 Å². The lowest BCUT2D eigenvalue weighted by molar-refractivity contribution is 0.0690. The van der Waals surface area contributed by atoms with Gasteiger partial charge in [-0.05, 0) is 54.7 Å². The fourth-order valence-electron chi connectivity index (χ4n) is 3.61. The van der Waals surface area contributed by atoms with Crippen LogP contribution in [0.3, 0.4) is 0 Å². The van der Waals surface area contributed by atoms with E-state index >= 15 is 0 Å². The molecule has 0 spiro atoms. The van der Waals surface area contributed by atoms with Crippen LogP contribution in [0.5, 0.6) is 0 Å². The monoisotopic (exact) mass is 429 g/mol. The zero-order valence-electron chi connectivity index (χ0n) is 16.2. The van der Waals surface area contributed by atoms with Gasteiger partial charge in [-0.2, -0.15) is 0 Å². The van der Waals surface area contributed by atoms with Crippen LogP contribution in [0.4, 0.5) is 24.5 Å². The van der Waals surface area contributed by atoms with Crippen molar-refractivity contribution in [1.29, 1.82) is 0 Å². The fraction of sp³-hybridized carbons (Fsp3) is 0.227. The second kappa shape index (κ2) is 8.73. The second-order valence-corrected chi connectivity index (χ2v) is 7.14. The number of ether oxygens (including phenoxy) is 1. The van der Waals surface area contributed by atoms with Crippen molar-refractivity contribution in [3.63, 3.8) is 0 Å². The molecule has 0 saturated carbocycles. The van der Waals surface area contributed by atoms with E-state index in [1.807, 2.05) is 0 Å². The lowest BCUT2D eigenvalue weighted by Crippen LogP contribution is -2.15. The normalized spacial score (nSPS) is 14.4. The molecule has 0 radical (unpaired) electrons. The van der Waals surface area contributed by atoms with E-state index in [4.69, 9.17) is 4.74 Å². The first-order chi connectivity index (χ1) is 14.9. The number of carbonyl (C=O) groups is 1. The highest BCUT2D eigenvalue weighted by Crippen LogP contribution is 2.32. The summed E-state index contributed by atoms with van der Waals surface area (Å²) in [6.07, 6.45) is 1.44. The number of anilines is 2. The van der Waals surface area contributed by atoms with Gasteiger partial charge in [0.05, 0.1) is 11.3 Å². The van der Waals surface area contributed by atoms with Gasteiger partial charge in [-0.15, -0.1) is 10.2 Å². The largest absolute Gasteiger partial charge is 0.476 e. The van der Waals surface area contributed by atoms with Crippen LogP contribution in [-0.2, 0) is 4.74 Å². The highest BCUT2D eigenvalue weighted by atomic mass is 19.1. The van der Waals surface area contributed by atoms with E-state index < -0.39 is 34.7 Å². The molecule has 0 aliphatic carbocycles. The Morgan fingerprint density at radius 2 is 1.71 bits per heavy atom. The van der Waals surface area contributed by atoms with Gasteiger partial charge in [-0.3, -0.25) is 0 Å². The third kappa shape index (κ3) is 4.36. The summed E-state index contributed by atoms with van der Waals surface area (Å²) in [5, 5.41) is 19.4. The van der Waals surface area contributed by atoms with Crippen molar-refractivity contribution in [2.24, 2.45) is 0 Å². The zero-order chi connectivity index (χ0) is 22.0. The number of carboxylic acids is 1. The minimum atomic E-state index is -1.39. The molecule has 2 N–H and O–H groups in total. The number of halogens is 3. The van der Waals surface area contributed by atoms with E-state index in [1.54, 1.807) is 12.1 Å². The van der Waals surface area contributed by atoms with Crippen LogP contribution in [-0.4, -0.2) is 34.5 Å². The van der Waals surface area contributed by atoms with Crippen LogP contribution < -0.4 is 5.32 Å². The summed E-state index contributed by atoms with van der Waals surface area (Å²) in [4.78, 5) is 11.5. The smallest absolute Gasteiger partial charge is 0.358 e. The Morgan fingerprint density at radius 1 is 1.00 bits per heavy atom. The van der Waals surface area contributed by atoms with E-state index in [0.717, 1.165) is 25.0 Å². The van der Waals surface area contributed by atoms with E-state index in [2.05, 4.69) is 15.5 Å². The standard InChI is InChI=1S/C22H18F3N3O3/c23-15-2-1-3-16(24)20(15)18-11-19(21(22(29)30)28-27-18)26-13-4-5-14(17(25)10-13)12-6-8-31-9-7-12/h1-5,10-12H,6-9H2,(H,26,27)(H,29,30).